The first-order valence-electron chi connectivity index (χ1n) is 9.60. The largest absolute Gasteiger partial charge is 0.352 e. The van der Waals surface area contributed by atoms with Crippen molar-refractivity contribution in [2.75, 3.05) is 19.6 Å². The van der Waals surface area contributed by atoms with Crippen LogP contribution < -0.4 is 10.6 Å². The van der Waals surface area contributed by atoms with Crippen molar-refractivity contribution in [3.8, 4) is 11.1 Å². The molecule has 0 spiro atoms. The zero-order chi connectivity index (χ0) is 17.9. The van der Waals surface area contributed by atoms with Crippen molar-refractivity contribution in [3.05, 3.63) is 59.7 Å². The summed E-state index contributed by atoms with van der Waals surface area (Å²) in [5.74, 6) is 0.159. The molecule has 1 aliphatic carbocycles. The summed E-state index contributed by atoms with van der Waals surface area (Å²) in [5, 5.41) is 6.46. The van der Waals surface area contributed by atoms with E-state index in [1.54, 1.807) is 0 Å². The van der Waals surface area contributed by atoms with Crippen molar-refractivity contribution < 1.29 is 4.79 Å². The first-order chi connectivity index (χ1) is 12.7. The van der Waals surface area contributed by atoms with Gasteiger partial charge in [-0.1, -0.05) is 48.5 Å². The molecule has 4 rings (SSSR count). The molecule has 2 aromatic rings. The zero-order valence-electron chi connectivity index (χ0n) is 15.4. The Bertz CT molecular complexity index is 767. The lowest BCUT2D eigenvalue weighted by Gasteiger charge is -2.33. The Kier molecular flexibility index (Phi) is 5.05. The van der Waals surface area contributed by atoms with E-state index in [0.29, 0.717) is 6.04 Å². The molecule has 1 heterocycles. The third-order valence-corrected chi connectivity index (χ3v) is 5.32. The summed E-state index contributed by atoms with van der Waals surface area (Å²) in [4.78, 5) is 14.7. The normalized spacial score (nSPS) is 20.7. The average Bonchev–Trinajstić information content (AvgIpc) is 3.47. The number of hydrogen-bond donors (Lipinski definition) is 2. The number of rotatable bonds is 5. The van der Waals surface area contributed by atoms with Crippen molar-refractivity contribution in [3.63, 3.8) is 0 Å². The van der Waals surface area contributed by atoms with Gasteiger partial charge in [-0.15, -0.1) is 0 Å². The predicted octanol–water partition coefficient (Wildman–Crippen LogP) is 2.71. The molecule has 1 amide bonds. The van der Waals surface area contributed by atoms with E-state index >= 15 is 0 Å². The summed E-state index contributed by atoms with van der Waals surface area (Å²) in [6.07, 6.45) is 2.27. The maximum atomic E-state index is 12.3. The molecule has 0 aromatic heterocycles. The fourth-order valence-electron chi connectivity index (χ4n) is 3.60. The standard InChI is InChI=1S/C22H27N3O/c1-16-4-2-3-5-20(16)18-8-6-17(7-9-18)14-25-13-12-23-21(15-25)22(26)24-19-10-11-19/h2-9,19,21,23H,10-15H2,1H3,(H,24,26)/t21-/m1/s1. The molecule has 0 unspecified atom stereocenters. The number of carbonyl (C=O) groups excluding carboxylic acids is 1. The van der Waals surface area contributed by atoms with Crippen molar-refractivity contribution >= 4 is 5.91 Å². The Morgan fingerprint density at radius 3 is 2.65 bits per heavy atom. The molecule has 0 radical (unpaired) electrons. The number of carbonyl (C=O) groups is 1. The fraction of sp³-hybridized carbons (Fsp3) is 0.409. The van der Waals surface area contributed by atoms with Crippen molar-refractivity contribution in [2.45, 2.75) is 38.4 Å². The number of aryl methyl sites for hydroxylation is 1. The predicted molar refractivity (Wildman–Crippen MR) is 105 cm³/mol. The second-order valence-corrected chi connectivity index (χ2v) is 7.54. The molecule has 2 aliphatic rings. The highest BCUT2D eigenvalue weighted by Gasteiger charge is 2.30. The minimum Gasteiger partial charge on any atom is -0.352 e. The maximum Gasteiger partial charge on any atom is 0.238 e. The van der Waals surface area contributed by atoms with Crippen LogP contribution in [0.15, 0.2) is 48.5 Å². The van der Waals surface area contributed by atoms with Gasteiger partial charge in [-0.2, -0.15) is 0 Å². The molecule has 1 saturated carbocycles. The van der Waals surface area contributed by atoms with Crippen LogP contribution in [0.2, 0.25) is 0 Å². The van der Waals surface area contributed by atoms with Gasteiger partial charge in [-0.25, -0.2) is 0 Å². The fourth-order valence-corrected chi connectivity index (χ4v) is 3.60. The van der Waals surface area contributed by atoms with E-state index < -0.39 is 0 Å². The van der Waals surface area contributed by atoms with Crippen LogP contribution in [-0.4, -0.2) is 42.5 Å². The van der Waals surface area contributed by atoms with Crippen LogP contribution in [0.25, 0.3) is 11.1 Å². The number of amides is 1. The van der Waals surface area contributed by atoms with Crippen molar-refractivity contribution in [1.82, 2.24) is 15.5 Å². The summed E-state index contributed by atoms with van der Waals surface area (Å²) >= 11 is 0. The highest BCUT2D eigenvalue weighted by Crippen LogP contribution is 2.24. The van der Waals surface area contributed by atoms with E-state index in [9.17, 15) is 4.79 Å². The third kappa shape index (κ3) is 4.14. The molecule has 2 fully saturated rings. The van der Waals surface area contributed by atoms with Gasteiger partial charge < -0.3 is 10.6 Å². The molecule has 1 saturated heterocycles. The summed E-state index contributed by atoms with van der Waals surface area (Å²) in [7, 11) is 0. The van der Waals surface area contributed by atoms with E-state index in [-0.39, 0.29) is 11.9 Å². The van der Waals surface area contributed by atoms with Crippen LogP contribution in [0.4, 0.5) is 0 Å². The van der Waals surface area contributed by atoms with E-state index in [0.717, 1.165) is 39.0 Å². The van der Waals surface area contributed by atoms with E-state index in [1.165, 1.54) is 22.3 Å². The highest BCUT2D eigenvalue weighted by molar-refractivity contribution is 5.82. The van der Waals surface area contributed by atoms with E-state index in [2.05, 4.69) is 71.0 Å². The van der Waals surface area contributed by atoms with Crippen LogP contribution in [0.5, 0.6) is 0 Å². The summed E-state index contributed by atoms with van der Waals surface area (Å²) in [6, 6.07) is 17.7. The number of nitrogens with one attached hydrogen (secondary N) is 2. The van der Waals surface area contributed by atoms with Gasteiger partial charge in [0, 0.05) is 32.2 Å². The Hall–Kier alpha value is -2.17. The van der Waals surface area contributed by atoms with Gasteiger partial charge in [0.2, 0.25) is 5.91 Å². The van der Waals surface area contributed by atoms with Gasteiger partial charge >= 0.3 is 0 Å². The first kappa shape index (κ1) is 17.3. The van der Waals surface area contributed by atoms with Crippen LogP contribution in [-0.2, 0) is 11.3 Å². The lowest BCUT2D eigenvalue weighted by molar-refractivity contribution is -0.124. The summed E-state index contributed by atoms with van der Waals surface area (Å²) in [5.41, 5.74) is 5.14. The Labute approximate surface area is 155 Å². The second-order valence-electron chi connectivity index (χ2n) is 7.54. The molecule has 1 aliphatic heterocycles. The Balaban J connectivity index is 1.37. The van der Waals surface area contributed by atoms with Crippen molar-refractivity contribution in [2.24, 2.45) is 0 Å². The molecule has 26 heavy (non-hydrogen) atoms. The van der Waals surface area contributed by atoms with Gasteiger partial charge in [0.1, 0.15) is 0 Å². The SMILES string of the molecule is Cc1ccccc1-c1ccc(CN2CCN[C@@H](C(=O)NC3CC3)C2)cc1. The van der Waals surface area contributed by atoms with Crippen LogP contribution in [0.1, 0.15) is 24.0 Å². The third-order valence-electron chi connectivity index (χ3n) is 5.32. The molecule has 1 atom stereocenters. The molecular weight excluding hydrogens is 322 g/mol. The molecule has 4 heteroatoms. The topological polar surface area (TPSA) is 44.4 Å². The Morgan fingerprint density at radius 1 is 1.15 bits per heavy atom. The van der Waals surface area contributed by atoms with Crippen molar-refractivity contribution in [1.29, 1.82) is 0 Å². The van der Waals surface area contributed by atoms with Gasteiger partial charge in [0.15, 0.2) is 0 Å². The van der Waals surface area contributed by atoms with Crippen LogP contribution in [0.3, 0.4) is 0 Å². The minimum atomic E-state index is -0.0874. The lowest BCUT2D eigenvalue weighted by Crippen LogP contribution is -2.57. The number of benzene rings is 2. The quantitative estimate of drug-likeness (QED) is 0.872. The lowest BCUT2D eigenvalue weighted by atomic mass is 9.99. The zero-order valence-corrected chi connectivity index (χ0v) is 15.4. The summed E-state index contributed by atoms with van der Waals surface area (Å²) < 4.78 is 0. The van der Waals surface area contributed by atoms with Gasteiger partial charge in [0.25, 0.3) is 0 Å². The number of hydrogen-bond acceptors (Lipinski definition) is 3. The molecule has 0 bridgehead atoms. The van der Waals surface area contributed by atoms with E-state index in [1.807, 2.05) is 0 Å². The number of piperazine rings is 1. The highest BCUT2D eigenvalue weighted by atomic mass is 16.2. The molecule has 2 aromatic carbocycles. The first-order valence-corrected chi connectivity index (χ1v) is 9.60. The molecule has 4 nitrogen and oxygen atoms in total. The average molecular weight is 349 g/mol. The number of nitrogens with zero attached hydrogens (tertiary/aromatic N) is 1. The molecular formula is C22H27N3O. The maximum absolute atomic E-state index is 12.3. The smallest absolute Gasteiger partial charge is 0.238 e. The van der Waals surface area contributed by atoms with Gasteiger partial charge in [0.05, 0.1) is 6.04 Å². The minimum absolute atomic E-state index is 0.0874. The second kappa shape index (κ2) is 7.60. The van der Waals surface area contributed by atoms with Gasteiger partial charge in [-0.05, 0) is 42.0 Å². The van der Waals surface area contributed by atoms with E-state index in [4.69, 9.17) is 0 Å². The van der Waals surface area contributed by atoms with Crippen LogP contribution in [0, 0.1) is 6.92 Å². The monoisotopic (exact) mass is 349 g/mol. The molecule has 136 valence electrons. The molecule has 2 N–H and O–H groups in total. The summed E-state index contributed by atoms with van der Waals surface area (Å²) in [6.45, 7) is 5.66. The van der Waals surface area contributed by atoms with Gasteiger partial charge in [-0.3, -0.25) is 9.69 Å². The Morgan fingerprint density at radius 2 is 1.92 bits per heavy atom. The van der Waals surface area contributed by atoms with Crippen LogP contribution >= 0.6 is 0 Å².